The molecular formula is C17H29N5O2. The van der Waals surface area contributed by atoms with E-state index in [0.717, 1.165) is 31.8 Å². The molecule has 1 aromatic heterocycles. The lowest BCUT2D eigenvalue weighted by Gasteiger charge is -2.37. The second-order valence-electron chi connectivity index (χ2n) is 6.87. The number of carbonyl (C=O) groups is 1. The predicted molar refractivity (Wildman–Crippen MR) is 90.4 cm³/mol. The summed E-state index contributed by atoms with van der Waals surface area (Å²) in [5.74, 6) is 1.08. The zero-order valence-corrected chi connectivity index (χ0v) is 14.9. The number of nitrogens with zero attached hydrogens (tertiary/aromatic N) is 5. The van der Waals surface area contributed by atoms with Gasteiger partial charge in [0.15, 0.2) is 5.82 Å². The summed E-state index contributed by atoms with van der Waals surface area (Å²) in [7, 11) is 1.92. The highest BCUT2D eigenvalue weighted by Crippen LogP contribution is 2.24. The highest BCUT2D eigenvalue weighted by atomic mass is 16.5. The van der Waals surface area contributed by atoms with Crippen LogP contribution in [0.25, 0.3) is 0 Å². The van der Waals surface area contributed by atoms with Crippen molar-refractivity contribution in [3.8, 4) is 0 Å². The number of morpholine rings is 1. The fourth-order valence-corrected chi connectivity index (χ4v) is 3.90. The number of aryl methyl sites for hydroxylation is 1. The fourth-order valence-electron chi connectivity index (χ4n) is 3.90. The van der Waals surface area contributed by atoms with Gasteiger partial charge in [0.25, 0.3) is 0 Å². The highest BCUT2D eigenvalue weighted by Gasteiger charge is 2.29. The molecule has 1 aliphatic carbocycles. The Bertz CT molecular complexity index is 541. The standard InChI is InChI=1S/C17H29N5O2/c1-3-22(14-7-5-4-6-8-14)16(23)12-21-9-10-24-15(11-21)17-19-18-13-20(17)2/h13-15H,3-12H2,1-2H3/t15-/m1/s1. The Labute approximate surface area is 144 Å². The van der Waals surface area contributed by atoms with Gasteiger partial charge < -0.3 is 14.2 Å². The lowest BCUT2D eigenvalue weighted by molar-refractivity contribution is -0.137. The third kappa shape index (κ3) is 3.95. The number of rotatable bonds is 5. The van der Waals surface area contributed by atoms with Crippen molar-refractivity contribution in [1.82, 2.24) is 24.6 Å². The third-order valence-corrected chi connectivity index (χ3v) is 5.22. The van der Waals surface area contributed by atoms with Crippen LogP contribution in [0.2, 0.25) is 0 Å². The van der Waals surface area contributed by atoms with E-state index >= 15 is 0 Å². The molecule has 1 aromatic rings. The second-order valence-corrected chi connectivity index (χ2v) is 6.87. The van der Waals surface area contributed by atoms with Crippen molar-refractivity contribution >= 4 is 5.91 Å². The van der Waals surface area contributed by atoms with Gasteiger partial charge in [-0.05, 0) is 19.8 Å². The summed E-state index contributed by atoms with van der Waals surface area (Å²) in [4.78, 5) is 17.1. The smallest absolute Gasteiger partial charge is 0.236 e. The Hall–Kier alpha value is -1.47. The summed E-state index contributed by atoms with van der Waals surface area (Å²) in [5.41, 5.74) is 0. The Morgan fingerprint density at radius 1 is 1.38 bits per heavy atom. The lowest BCUT2D eigenvalue weighted by atomic mass is 9.94. The topological polar surface area (TPSA) is 63.5 Å². The van der Waals surface area contributed by atoms with Crippen LogP contribution in [0.5, 0.6) is 0 Å². The Morgan fingerprint density at radius 2 is 2.17 bits per heavy atom. The van der Waals surface area contributed by atoms with Gasteiger partial charge in [-0.2, -0.15) is 0 Å². The van der Waals surface area contributed by atoms with Crippen molar-refractivity contribution in [1.29, 1.82) is 0 Å². The van der Waals surface area contributed by atoms with E-state index in [2.05, 4.69) is 26.9 Å². The molecule has 24 heavy (non-hydrogen) atoms. The summed E-state index contributed by atoms with van der Waals surface area (Å²) in [6.45, 7) is 5.49. The first-order chi connectivity index (χ1) is 11.7. The van der Waals surface area contributed by atoms with E-state index in [1.807, 2.05) is 11.6 Å². The number of likely N-dealkylation sites (N-methyl/N-ethyl adjacent to an activating group) is 1. The minimum absolute atomic E-state index is 0.108. The summed E-state index contributed by atoms with van der Waals surface area (Å²) in [6.07, 6.45) is 7.70. The van der Waals surface area contributed by atoms with Gasteiger partial charge in [0.2, 0.25) is 5.91 Å². The van der Waals surface area contributed by atoms with Crippen LogP contribution in [-0.2, 0) is 16.6 Å². The average Bonchev–Trinajstić information content (AvgIpc) is 3.03. The van der Waals surface area contributed by atoms with Gasteiger partial charge in [-0.25, -0.2) is 0 Å². The summed E-state index contributed by atoms with van der Waals surface area (Å²) in [5, 5.41) is 8.07. The SMILES string of the molecule is CCN(C(=O)CN1CCO[C@@H](c2nncn2C)C1)C1CCCCC1. The van der Waals surface area contributed by atoms with Crippen LogP contribution in [-0.4, -0.2) is 69.3 Å². The molecule has 2 heterocycles. The lowest BCUT2D eigenvalue weighted by Crippen LogP contribution is -2.49. The molecule has 1 aliphatic heterocycles. The molecule has 1 atom stereocenters. The molecule has 2 fully saturated rings. The monoisotopic (exact) mass is 335 g/mol. The zero-order valence-electron chi connectivity index (χ0n) is 14.9. The maximum Gasteiger partial charge on any atom is 0.236 e. The molecule has 7 heteroatoms. The van der Waals surface area contributed by atoms with E-state index in [1.54, 1.807) is 6.33 Å². The van der Waals surface area contributed by atoms with Crippen LogP contribution < -0.4 is 0 Å². The highest BCUT2D eigenvalue weighted by molar-refractivity contribution is 5.78. The van der Waals surface area contributed by atoms with Gasteiger partial charge in [-0.15, -0.1) is 10.2 Å². The minimum atomic E-state index is -0.108. The van der Waals surface area contributed by atoms with E-state index in [-0.39, 0.29) is 12.0 Å². The normalized spacial score (nSPS) is 23.3. The maximum absolute atomic E-state index is 12.8. The Morgan fingerprint density at radius 3 is 2.83 bits per heavy atom. The van der Waals surface area contributed by atoms with Crippen molar-refractivity contribution in [3.05, 3.63) is 12.2 Å². The molecule has 0 radical (unpaired) electrons. The van der Waals surface area contributed by atoms with Crippen molar-refractivity contribution in [2.75, 3.05) is 32.8 Å². The number of hydrogen-bond donors (Lipinski definition) is 0. The van der Waals surface area contributed by atoms with Crippen LogP contribution >= 0.6 is 0 Å². The summed E-state index contributed by atoms with van der Waals surface area (Å²) >= 11 is 0. The second kappa shape index (κ2) is 8.07. The molecule has 1 saturated heterocycles. The molecule has 2 aliphatic rings. The van der Waals surface area contributed by atoms with Gasteiger partial charge in [0.1, 0.15) is 12.4 Å². The van der Waals surface area contributed by atoms with E-state index < -0.39 is 0 Å². The largest absolute Gasteiger partial charge is 0.368 e. The number of carbonyl (C=O) groups excluding carboxylic acids is 1. The quantitative estimate of drug-likeness (QED) is 0.813. The summed E-state index contributed by atoms with van der Waals surface area (Å²) < 4.78 is 7.71. The zero-order chi connectivity index (χ0) is 16.9. The Balaban J connectivity index is 1.57. The maximum atomic E-state index is 12.8. The van der Waals surface area contributed by atoms with E-state index in [9.17, 15) is 4.79 Å². The predicted octanol–water partition coefficient (Wildman–Crippen LogP) is 1.37. The van der Waals surface area contributed by atoms with Crippen molar-refractivity contribution in [2.45, 2.75) is 51.2 Å². The summed E-state index contributed by atoms with van der Waals surface area (Å²) in [6, 6.07) is 0.437. The van der Waals surface area contributed by atoms with Crippen molar-refractivity contribution in [3.63, 3.8) is 0 Å². The van der Waals surface area contributed by atoms with Gasteiger partial charge in [-0.3, -0.25) is 9.69 Å². The average molecular weight is 335 g/mol. The number of ether oxygens (including phenoxy) is 1. The van der Waals surface area contributed by atoms with Crippen LogP contribution in [0.15, 0.2) is 6.33 Å². The molecule has 1 saturated carbocycles. The minimum Gasteiger partial charge on any atom is -0.368 e. The first-order valence-corrected chi connectivity index (χ1v) is 9.16. The van der Waals surface area contributed by atoms with Crippen LogP contribution in [0.4, 0.5) is 0 Å². The molecule has 3 rings (SSSR count). The molecule has 0 unspecified atom stereocenters. The molecule has 0 bridgehead atoms. The first kappa shape index (κ1) is 17.4. The molecule has 134 valence electrons. The first-order valence-electron chi connectivity index (χ1n) is 9.16. The van der Waals surface area contributed by atoms with Gasteiger partial charge >= 0.3 is 0 Å². The van der Waals surface area contributed by atoms with E-state index in [4.69, 9.17) is 4.74 Å². The Kier molecular flexibility index (Phi) is 5.84. The third-order valence-electron chi connectivity index (χ3n) is 5.22. The fraction of sp³-hybridized carbons (Fsp3) is 0.824. The molecule has 0 N–H and O–H groups in total. The number of hydrogen-bond acceptors (Lipinski definition) is 5. The molecular weight excluding hydrogens is 306 g/mol. The molecule has 1 amide bonds. The van der Waals surface area contributed by atoms with Gasteiger partial charge in [-0.1, -0.05) is 19.3 Å². The van der Waals surface area contributed by atoms with Crippen LogP contribution in [0.3, 0.4) is 0 Å². The van der Waals surface area contributed by atoms with Gasteiger partial charge in [0.05, 0.1) is 13.2 Å². The number of amides is 1. The molecule has 7 nitrogen and oxygen atoms in total. The van der Waals surface area contributed by atoms with E-state index in [0.29, 0.717) is 25.7 Å². The van der Waals surface area contributed by atoms with E-state index in [1.165, 1.54) is 19.3 Å². The van der Waals surface area contributed by atoms with Crippen molar-refractivity contribution < 1.29 is 9.53 Å². The number of aromatic nitrogens is 3. The van der Waals surface area contributed by atoms with Crippen LogP contribution in [0, 0.1) is 0 Å². The molecule has 0 aromatic carbocycles. The van der Waals surface area contributed by atoms with Crippen molar-refractivity contribution in [2.24, 2.45) is 7.05 Å². The van der Waals surface area contributed by atoms with Crippen LogP contribution in [0.1, 0.15) is 51.0 Å². The molecule has 0 spiro atoms. The van der Waals surface area contributed by atoms with Gasteiger partial charge in [0, 0.05) is 32.7 Å².